The second-order valence-corrected chi connectivity index (χ2v) is 6.00. The molecule has 0 aliphatic heterocycles. The number of carbonyl (C=O) groups is 2. The molecule has 1 aromatic heterocycles. The molecule has 3 aromatic rings. The number of H-pyrrole nitrogens is 1. The van der Waals surface area contributed by atoms with Crippen molar-refractivity contribution in [3.05, 3.63) is 65.9 Å². The van der Waals surface area contributed by atoms with Crippen LogP contribution in [0.25, 0.3) is 10.9 Å². The lowest BCUT2D eigenvalue weighted by molar-refractivity contribution is -0.137. The van der Waals surface area contributed by atoms with Gasteiger partial charge >= 0.3 is 6.18 Å². The molecular formula is C19H16F3N3O2. The van der Waals surface area contributed by atoms with Gasteiger partial charge in [0.1, 0.15) is 0 Å². The van der Waals surface area contributed by atoms with Gasteiger partial charge in [0, 0.05) is 24.1 Å². The molecule has 2 N–H and O–H groups in total. The molecule has 0 unspecified atom stereocenters. The van der Waals surface area contributed by atoms with Crippen LogP contribution in [0.15, 0.2) is 54.7 Å². The molecule has 2 aromatic carbocycles. The van der Waals surface area contributed by atoms with E-state index in [1.54, 1.807) is 18.3 Å². The maximum Gasteiger partial charge on any atom is 0.418 e. The van der Waals surface area contributed by atoms with E-state index in [0.29, 0.717) is 10.9 Å². The second kappa shape index (κ2) is 7.14. The summed E-state index contributed by atoms with van der Waals surface area (Å²) in [7, 11) is 1.42. The molecule has 0 aliphatic rings. The number of rotatable bonds is 4. The molecule has 0 bridgehead atoms. The number of anilines is 1. The van der Waals surface area contributed by atoms with E-state index in [-0.39, 0.29) is 12.2 Å². The fraction of sp³-hybridized carbons (Fsp3) is 0.158. The summed E-state index contributed by atoms with van der Waals surface area (Å²) in [6.07, 6.45) is -3.05. The van der Waals surface area contributed by atoms with Crippen molar-refractivity contribution in [3.8, 4) is 0 Å². The minimum absolute atomic E-state index is 0.344. The minimum Gasteiger partial charge on any atom is -0.360 e. The highest BCUT2D eigenvalue weighted by atomic mass is 19.4. The zero-order chi connectivity index (χ0) is 19.6. The monoisotopic (exact) mass is 375 g/mol. The van der Waals surface area contributed by atoms with E-state index >= 15 is 0 Å². The lowest BCUT2D eigenvalue weighted by atomic mass is 10.1. The number of aromatic nitrogens is 1. The van der Waals surface area contributed by atoms with Crippen LogP contribution in [0.5, 0.6) is 0 Å². The molecule has 0 spiro atoms. The highest BCUT2D eigenvalue weighted by molar-refractivity contribution is 6.08. The number of hydrogen-bond acceptors (Lipinski definition) is 2. The van der Waals surface area contributed by atoms with Gasteiger partial charge in [0.25, 0.3) is 5.91 Å². The maximum absolute atomic E-state index is 13.0. The van der Waals surface area contributed by atoms with Crippen molar-refractivity contribution in [2.24, 2.45) is 0 Å². The summed E-state index contributed by atoms with van der Waals surface area (Å²) in [5.41, 5.74) is -0.124. The van der Waals surface area contributed by atoms with Gasteiger partial charge in [-0.15, -0.1) is 0 Å². The molecule has 27 heavy (non-hydrogen) atoms. The Morgan fingerprint density at radius 3 is 2.48 bits per heavy atom. The van der Waals surface area contributed by atoms with Crippen LogP contribution in [0, 0.1) is 0 Å². The zero-order valence-corrected chi connectivity index (χ0v) is 14.3. The molecule has 0 saturated heterocycles. The van der Waals surface area contributed by atoms with Crippen LogP contribution >= 0.6 is 0 Å². The van der Waals surface area contributed by atoms with Gasteiger partial charge < -0.3 is 15.2 Å². The van der Waals surface area contributed by atoms with Crippen LogP contribution in [0.2, 0.25) is 0 Å². The Labute approximate surface area is 152 Å². The first kappa shape index (κ1) is 18.5. The Hall–Kier alpha value is -3.29. The van der Waals surface area contributed by atoms with Gasteiger partial charge in [-0.3, -0.25) is 9.59 Å². The Bertz CT molecular complexity index is 995. The second-order valence-electron chi connectivity index (χ2n) is 6.00. The third kappa shape index (κ3) is 3.94. The highest BCUT2D eigenvalue weighted by Gasteiger charge is 2.33. The molecule has 0 atom stereocenters. The van der Waals surface area contributed by atoms with Crippen molar-refractivity contribution in [1.29, 1.82) is 0 Å². The van der Waals surface area contributed by atoms with E-state index in [1.165, 1.54) is 25.2 Å². The van der Waals surface area contributed by atoms with Crippen LogP contribution in [0.3, 0.4) is 0 Å². The first-order valence-electron chi connectivity index (χ1n) is 8.05. The van der Waals surface area contributed by atoms with Crippen LogP contribution in [0.1, 0.15) is 15.9 Å². The topological polar surface area (TPSA) is 65.2 Å². The number of benzene rings is 2. The van der Waals surface area contributed by atoms with E-state index in [9.17, 15) is 22.8 Å². The smallest absolute Gasteiger partial charge is 0.360 e. The third-order valence-corrected chi connectivity index (χ3v) is 4.05. The van der Waals surface area contributed by atoms with Crippen LogP contribution < -0.4 is 5.32 Å². The van der Waals surface area contributed by atoms with Crippen molar-refractivity contribution in [2.75, 3.05) is 18.9 Å². The van der Waals surface area contributed by atoms with Crippen molar-refractivity contribution >= 4 is 28.4 Å². The van der Waals surface area contributed by atoms with E-state index in [0.717, 1.165) is 16.5 Å². The molecule has 140 valence electrons. The standard InChI is InChI=1S/C19H16F3N3O2/c1-25(18(27)13-10-23-15-8-4-2-6-12(13)15)11-17(26)24-16-9-5-3-7-14(16)19(20,21)22/h2-10,23H,11H2,1H3,(H,24,26). The summed E-state index contributed by atoms with van der Waals surface area (Å²) >= 11 is 0. The largest absolute Gasteiger partial charge is 0.418 e. The van der Waals surface area contributed by atoms with Crippen LogP contribution in [-0.2, 0) is 11.0 Å². The van der Waals surface area contributed by atoms with E-state index < -0.39 is 23.6 Å². The zero-order valence-electron chi connectivity index (χ0n) is 14.3. The van der Waals surface area contributed by atoms with Crippen molar-refractivity contribution in [3.63, 3.8) is 0 Å². The van der Waals surface area contributed by atoms with Crippen molar-refractivity contribution in [2.45, 2.75) is 6.18 Å². The lowest BCUT2D eigenvalue weighted by Gasteiger charge is -2.18. The van der Waals surface area contributed by atoms with Gasteiger partial charge in [-0.2, -0.15) is 13.2 Å². The number of hydrogen-bond donors (Lipinski definition) is 2. The molecule has 0 aliphatic carbocycles. The molecule has 0 radical (unpaired) electrons. The SMILES string of the molecule is CN(CC(=O)Nc1ccccc1C(F)(F)F)C(=O)c1c[nH]c2ccccc12. The Morgan fingerprint density at radius 2 is 1.74 bits per heavy atom. The molecule has 3 rings (SSSR count). The number of carbonyl (C=O) groups excluding carboxylic acids is 2. The Kier molecular flexibility index (Phi) is 4.89. The normalized spacial score (nSPS) is 11.4. The van der Waals surface area contributed by atoms with Gasteiger partial charge in [0.05, 0.1) is 23.4 Å². The summed E-state index contributed by atoms with van der Waals surface area (Å²) in [4.78, 5) is 28.9. The molecule has 5 nitrogen and oxygen atoms in total. The Morgan fingerprint density at radius 1 is 1.07 bits per heavy atom. The third-order valence-electron chi connectivity index (χ3n) is 4.05. The van der Waals surface area contributed by atoms with Crippen LogP contribution in [0.4, 0.5) is 18.9 Å². The quantitative estimate of drug-likeness (QED) is 0.726. The average Bonchev–Trinajstić information content (AvgIpc) is 3.04. The minimum atomic E-state index is -4.59. The number of para-hydroxylation sites is 2. The Balaban J connectivity index is 1.72. The fourth-order valence-corrected chi connectivity index (χ4v) is 2.77. The number of halogens is 3. The van der Waals surface area contributed by atoms with Crippen molar-refractivity contribution < 1.29 is 22.8 Å². The molecule has 2 amide bonds. The fourth-order valence-electron chi connectivity index (χ4n) is 2.77. The van der Waals surface area contributed by atoms with Gasteiger partial charge in [0.15, 0.2) is 0 Å². The number of amides is 2. The molecule has 8 heteroatoms. The average molecular weight is 375 g/mol. The first-order chi connectivity index (χ1) is 12.8. The number of nitrogens with zero attached hydrogens (tertiary/aromatic N) is 1. The number of likely N-dealkylation sites (N-methyl/N-ethyl adjacent to an activating group) is 1. The number of aromatic amines is 1. The first-order valence-corrected chi connectivity index (χ1v) is 8.05. The van der Waals surface area contributed by atoms with Gasteiger partial charge in [-0.25, -0.2) is 0 Å². The molecule has 0 saturated carbocycles. The number of alkyl halides is 3. The highest BCUT2D eigenvalue weighted by Crippen LogP contribution is 2.34. The maximum atomic E-state index is 13.0. The summed E-state index contributed by atoms with van der Waals surface area (Å²) < 4.78 is 39.0. The summed E-state index contributed by atoms with van der Waals surface area (Å²) in [5.74, 6) is -1.13. The molecular weight excluding hydrogens is 359 g/mol. The van der Waals surface area contributed by atoms with E-state index in [2.05, 4.69) is 10.3 Å². The van der Waals surface area contributed by atoms with Gasteiger partial charge in [-0.05, 0) is 18.2 Å². The number of nitrogens with one attached hydrogen (secondary N) is 2. The summed E-state index contributed by atoms with van der Waals surface area (Å²) in [5, 5.41) is 2.93. The van der Waals surface area contributed by atoms with E-state index in [4.69, 9.17) is 0 Å². The predicted octanol–water partition coefficient (Wildman–Crippen LogP) is 3.90. The van der Waals surface area contributed by atoms with Gasteiger partial charge in [0.2, 0.25) is 5.91 Å². The summed E-state index contributed by atoms with van der Waals surface area (Å²) in [6, 6.07) is 11.9. The number of fused-ring (bicyclic) bond motifs is 1. The predicted molar refractivity (Wildman–Crippen MR) is 95.3 cm³/mol. The molecule has 1 heterocycles. The van der Waals surface area contributed by atoms with Crippen molar-refractivity contribution in [1.82, 2.24) is 9.88 Å². The lowest BCUT2D eigenvalue weighted by Crippen LogP contribution is -2.35. The van der Waals surface area contributed by atoms with Crippen LogP contribution in [-0.4, -0.2) is 35.3 Å². The van der Waals surface area contributed by atoms with E-state index in [1.807, 2.05) is 12.1 Å². The summed E-state index contributed by atoms with van der Waals surface area (Å²) in [6.45, 7) is -0.384. The van der Waals surface area contributed by atoms with Gasteiger partial charge in [-0.1, -0.05) is 30.3 Å². The molecule has 0 fully saturated rings.